The van der Waals surface area contributed by atoms with E-state index in [9.17, 15) is 0 Å². The Morgan fingerprint density at radius 3 is 2.50 bits per heavy atom. The Morgan fingerprint density at radius 1 is 1.35 bits per heavy atom. The average Bonchev–Trinajstić information content (AvgIpc) is 2.81. The Balaban J connectivity index is 2.30. The Hall–Kier alpha value is -0.800. The molecular weight excluding hydrogens is 250 g/mol. The van der Waals surface area contributed by atoms with Gasteiger partial charge >= 0.3 is 0 Å². The largest absolute Gasteiger partial charge is 0.467 e. The van der Waals surface area contributed by atoms with Crippen LogP contribution in [-0.2, 0) is 4.74 Å². The molecule has 0 saturated carbocycles. The van der Waals surface area contributed by atoms with E-state index in [1.165, 1.54) is 5.56 Å². The second kappa shape index (κ2) is 5.53. The van der Waals surface area contributed by atoms with Crippen LogP contribution in [0.5, 0.6) is 0 Å². The zero-order valence-corrected chi connectivity index (χ0v) is 13.7. The van der Waals surface area contributed by atoms with Gasteiger partial charge in [-0.1, -0.05) is 6.92 Å². The first-order valence-electron chi connectivity index (χ1n) is 7.74. The molecule has 1 aromatic heterocycles. The minimum atomic E-state index is -0.145. The quantitative estimate of drug-likeness (QED) is 0.876. The third kappa shape index (κ3) is 3.09. The van der Waals surface area contributed by atoms with E-state index >= 15 is 0 Å². The Kier molecular flexibility index (Phi) is 4.31. The van der Waals surface area contributed by atoms with Crippen molar-refractivity contribution < 1.29 is 9.15 Å². The number of aryl methyl sites for hydroxylation is 1. The minimum Gasteiger partial charge on any atom is -0.467 e. The van der Waals surface area contributed by atoms with E-state index in [-0.39, 0.29) is 17.2 Å². The van der Waals surface area contributed by atoms with Crippen LogP contribution < -0.4 is 5.32 Å². The predicted octanol–water partition coefficient (Wildman–Crippen LogP) is 4.22. The van der Waals surface area contributed by atoms with E-state index in [0.717, 1.165) is 25.1 Å². The molecule has 1 fully saturated rings. The van der Waals surface area contributed by atoms with Gasteiger partial charge in [0.05, 0.1) is 23.5 Å². The first-order valence-corrected chi connectivity index (χ1v) is 7.74. The van der Waals surface area contributed by atoms with Gasteiger partial charge in [0, 0.05) is 5.92 Å². The Bertz CT molecular complexity index is 448. The van der Waals surface area contributed by atoms with E-state index < -0.39 is 0 Å². The highest BCUT2D eigenvalue weighted by Crippen LogP contribution is 2.48. The molecule has 3 heteroatoms. The van der Waals surface area contributed by atoms with Crippen molar-refractivity contribution in [2.75, 3.05) is 6.54 Å². The fourth-order valence-electron chi connectivity index (χ4n) is 3.54. The smallest absolute Gasteiger partial charge is 0.123 e. The molecule has 1 N–H and O–H groups in total. The summed E-state index contributed by atoms with van der Waals surface area (Å²) in [5, 5.41) is 3.67. The highest BCUT2D eigenvalue weighted by atomic mass is 16.5. The second-order valence-corrected chi connectivity index (χ2v) is 7.18. The molecule has 2 unspecified atom stereocenters. The molecular formula is C17H29NO2. The van der Waals surface area contributed by atoms with Crippen molar-refractivity contribution in [2.24, 2.45) is 5.92 Å². The summed E-state index contributed by atoms with van der Waals surface area (Å²) >= 11 is 0. The van der Waals surface area contributed by atoms with Gasteiger partial charge < -0.3 is 14.5 Å². The van der Waals surface area contributed by atoms with E-state index in [1.807, 2.05) is 6.07 Å². The monoisotopic (exact) mass is 279 g/mol. The number of rotatable bonds is 5. The van der Waals surface area contributed by atoms with Crippen molar-refractivity contribution in [3.63, 3.8) is 0 Å². The normalized spacial score (nSPS) is 25.8. The lowest BCUT2D eigenvalue weighted by Gasteiger charge is -2.33. The van der Waals surface area contributed by atoms with Gasteiger partial charge in [-0.25, -0.2) is 0 Å². The molecule has 2 heterocycles. The third-order valence-corrected chi connectivity index (χ3v) is 4.34. The SMILES string of the molecule is CCCNC(c1occc1C)C1CC(C)(C)OC1(C)C. The lowest BCUT2D eigenvalue weighted by molar-refractivity contribution is -0.0785. The lowest BCUT2D eigenvalue weighted by atomic mass is 9.80. The molecule has 1 aliphatic heterocycles. The van der Waals surface area contributed by atoms with Crippen molar-refractivity contribution in [2.45, 2.75) is 71.6 Å². The van der Waals surface area contributed by atoms with Gasteiger partial charge in [-0.2, -0.15) is 0 Å². The molecule has 1 saturated heterocycles. The molecule has 0 radical (unpaired) electrons. The maximum atomic E-state index is 6.27. The van der Waals surface area contributed by atoms with Gasteiger partial charge in [-0.3, -0.25) is 0 Å². The standard InChI is InChI=1S/C17H29NO2/c1-7-9-18-14(15-12(2)8-10-19-15)13-11-16(3,4)20-17(13,5)6/h8,10,13-14,18H,7,9,11H2,1-6H3. The number of hydrogen-bond donors (Lipinski definition) is 1. The van der Waals surface area contributed by atoms with Gasteiger partial charge in [-0.15, -0.1) is 0 Å². The molecule has 2 rings (SSSR count). The number of hydrogen-bond acceptors (Lipinski definition) is 3. The third-order valence-electron chi connectivity index (χ3n) is 4.34. The summed E-state index contributed by atoms with van der Waals surface area (Å²) in [6, 6.07) is 2.27. The van der Waals surface area contributed by atoms with Crippen molar-refractivity contribution >= 4 is 0 Å². The predicted molar refractivity (Wildman–Crippen MR) is 81.8 cm³/mol. The molecule has 3 nitrogen and oxygen atoms in total. The summed E-state index contributed by atoms with van der Waals surface area (Å²) in [6.45, 7) is 14.1. The zero-order valence-electron chi connectivity index (χ0n) is 13.7. The van der Waals surface area contributed by atoms with Crippen LogP contribution >= 0.6 is 0 Å². The number of ether oxygens (including phenoxy) is 1. The molecule has 0 aromatic carbocycles. The molecule has 1 aliphatic rings. The Morgan fingerprint density at radius 2 is 2.05 bits per heavy atom. The zero-order chi connectivity index (χ0) is 15.0. The minimum absolute atomic E-state index is 0.0686. The fraction of sp³-hybridized carbons (Fsp3) is 0.765. The average molecular weight is 279 g/mol. The van der Waals surface area contributed by atoms with E-state index in [1.54, 1.807) is 6.26 Å². The van der Waals surface area contributed by atoms with E-state index in [2.05, 4.69) is 46.9 Å². The van der Waals surface area contributed by atoms with Crippen molar-refractivity contribution in [1.82, 2.24) is 5.32 Å². The van der Waals surface area contributed by atoms with Crippen molar-refractivity contribution in [3.05, 3.63) is 23.7 Å². The van der Waals surface area contributed by atoms with E-state index in [4.69, 9.17) is 9.15 Å². The van der Waals surface area contributed by atoms with Crippen LogP contribution in [0.15, 0.2) is 16.7 Å². The summed E-state index contributed by atoms with van der Waals surface area (Å²) in [5.74, 6) is 1.48. The molecule has 20 heavy (non-hydrogen) atoms. The maximum Gasteiger partial charge on any atom is 0.123 e. The second-order valence-electron chi connectivity index (χ2n) is 7.18. The molecule has 2 atom stereocenters. The molecule has 0 amide bonds. The summed E-state index contributed by atoms with van der Waals surface area (Å²) in [6.07, 6.45) is 3.95. The lowest BCUT2D eigenvalue weighted by Crippen LogP contribution is -2.39. The van der Waals surface area contributed by atoms with Crippen LogP contribution in [-0.4, -0.2) is 17.7 Å². The summed E-state index contributed by atoms with van der Waals surface area (Å²) in [4.78, 5) is 0. The summed E-state index contributed by atoms with van der Waals surface area (Å²) in [5.41, 5.74) is 1.01. The van der Waals surface area contributed by atoms with Crippen molar-refractivity contribution in [1.29, 1.82) is 0 Å². The van der Waals surface area contributed by atoms with Crippen LogP contribution in [0.2, 0.25) is 0 Å². The fourth-order valence-corrected chi connectivity index (χ4v) is 3.54. The van der Waals surface area contributed by atoms with Crippen LogP contribution in [0.1, 0.15) is 64.8 Å². The van der Waals surface area contributed by atoms with Crippen LogP contribution in [0, 0.1) is 12.8 Å². The Labute approximate surface area is 123 Å². The molecule has 0 aliphatic carbocycles. The van der Waals surface area contributed by atoms with Crippen LogP contribution in [0.3, 0.4) is 0 Å². The van der Waals surface area contributed by atoms with Gasteiger partial charge in [-0.05, 0) is 65.6 Å². The summed E-state index contributed by atoms with van der Waals surface area (Å²) < 4.78 is 12.0. The molecule has 114 valence electrons. The van der Waals surface area contributed by atoms with Gasteiger partial charge in [0.2, 0.25) is 0 Å². The van der Waals surface area contributed by atoms with Gasteiger partial charge in [0.25, 0.3) is 0 Å². The highest BCUT2D eigenvalue weighted by Gasteiger charge is 2.50. The molecule has 1 aromatic rings. The topological polar surface area (TPSA) is 34.4 Å². The number of furan rings is 1. The number of nitrogens with one attached hydrogen (secondary N) is 1. The van der Waals surface area contributed by atoms with Gasteiger partial charge in [0.1, 0.15) is 5.76 Å². The first kappa shape index (κ1) is 15.6. The van der Waals surface area contributed by atoms with Crippen LogP contribution in [0.4, 0.5) is 0 Å². The molecule has 0 spiro atoms. The van der Waals surface area contributed by atoms with E-state index in [0.29, 0.717) is 5.92 Å². The summed E-state index contributed by atoms with van der Waals surface area (Å²) in [7, 11) is 0. The highest BCUT2D eigenvalue weighted by molar-refractivity contribution is 5.21. The maximum absolute atomic E-state index is 6.27. The van der Waals surface area contributed by atoms with Crippen LogP contribution in [0.25, 0.3) is 0 Å². The first-order chi connectivity index (χ1) is 9.27. The van der Waals surface area contributed by atoms with Crippen molar-refractivity contribution in [3.8, 4) is 0 Å². The molecule has 0 bridgehead atoms. The van der Waals surface area contributed by atoms with Gasteiger partial charge in [0.15, 0.2) is 0 Å².